The smallest absolute Gasteiger partial charge is 0.260 e. The Labute approximate surface area is 136 Å². The van der Waals surface area contributed by atoms with Gasteiger partial charge in [0.1, 0.15) is 10.6 Å². The molecule has 0 saturated heterocycles. The molecule has 23 heavy (non-hydrogen) atoms. The summed E-state index contributed by atoms with van der Waals surface area (Å²) in [5, 5.41) is 2.72. The topological polar surface area (TPSA) is 49.9 Å². The van der Waals surface area contributed by atoms with Gasteiger partial charge >= 0.3 is 0 Å². The van der Waals surface area contributed by atoms with Gasteiger partial charge in [-0.05, 0) is 54.6 Å². The third-order valence-corrected chi connectivity index (χ3v) is 4.54. The highest BCUT2D eigenvalue weighted by Gasteiger charge is 2.15. The van der Waals surface area contributed by atoms with Gasteiger partial charge in [-0.25, -0.2) is 4.39 Å². The van der Waals surface area contributed by atoms with Crippen molar-refractivity contribution in [3.05, 3.63) is 74.1 Å². The van der Waals surface area contributed by atoms with Crippen molar-refractivity contribution in [2.45, 2.75) is 13.8 Å². The van der Waals surface area contributed by atoms with E-state index in [2.05, 4.69) is 4.98 Å². The number of pyridine rings is 1. The number of hydrogen-bond acceptors (Lipinski definition) is 3. The van der Waals surface area contributed by atoms with Gasteiger partial charge in [0, 0.05) is 10.9 Å². The summed E-state index contributed by atoms with van der Waals surface area (Å²) >= 11 is 1.42. The molecule has 0 atom stereocenters. The summed E-state index contributed by atoms with van der Waals surface area (Å²) in [5.74, 6) is -0.829. The van der Waals surface area contributed by atoms with E-state index < -0.39 is 17.2 Å². The molecule has 2 heterocycles. The van der Waals surface area contributed by atoms with E-state index in [4.69, 9.17) is 0 Å². The second-order valence-electron chi connectivity index (χ2n) is 5.34. The van der Waals surface area contributed by atoms with Crippen molar-refractivity contribution >= 4 is 33.4 Å². The molecule has 5 heteroatoms. The number of carbonyl (C=O) groups excluding carboxylic acids is 1. The first-order valence-electron chi connectivity index (χ1n) is 7.06. The minimum Gasteiger partial charge on any atom is -0.313 e. The molecule has 2 aromatic heterocycles. The number of aryl methyl sites for hydroxylation is 2. The monoisotopic (exact) mass is 327 g/mol. The lowest BCUT2D eigenvalue weighted by Gasteiger charge is -2.03. The van der Waals surface area contributed by atoms with Crippen LogP contribution in [0.3, 0.4) is 0 Å². The normalized spacial score (nSPS) is 11.4. The number of aromatic amines is 1. The molecule has 0 amide bonds. The Balaban J connectivity index is 2.00. The highest BCUT2D eigenvalue weighted by molar-refractivity contribution is 7.16. The fraction of sp³-hybridized carbons (Fsp3) is 0.111. The van der Waals surface area contributed by atoms with Crippen molar-refractivity contribution in [3.8, 4) is 0 Å². The number of allylic oxidation sites excluding steroid dienone is 1. The van der Waals surface area contributed by atoms with Gasteiger partial charge in [-0.3, -0.25) is 9.59 Å². The Kier molecular flexibility index (Phi) is 3.96. The van der Waals surface area contributed by atoms with Crippen molar-refractivity contribution in [2.24, 2.45) is 0 Å². The molecular formula is C18H14FNO2S. The summed E-state index contributed by atoms with van der Waals surface area (Å²) in [5.41, 5.74) is 1.44. The van der Waals surface area contributed by atoms with Crippen molar-refractivity contribution in [3.63, 3.8) is 0 Å². The number of H-pyrrole nitrogens is 1. The number of halogens is 1. The van der Waals surface area contributed by atoms with Crippen LogP contribution in [0, 0.1) is 19.7 Å². The minimum atomic E-state index is -0.433. The number of thiophene rings is 1. The molecule has 1 aromatic carbocycles. The van der Waals surface area contributed by atoms with Crippen LogP contribution >= 0.6 is 11.3 Å². The summed E-state index contributed by atoms with van der Waals surface area (Å²) < 4.78 is 13.8. The van der Waals surface area contributed by atoms with E-state index in [1.807, 2.05) is 11.4 Å². The second kappa shape index (κ2) is 5.93. The zero-order chi connectivity index (χ0) is 16.6. The molecule has 0 aliphatic carbocycles. The molecule has 0 aliphatic rings. The molecule has 3 nitrogen and oxygen atoms in total. The highest BCUT2D eigenvalue weighted by Crippen LogP contribution is 2.22. The van der Waals surface area contributed by atoms with E-state index in [1.54, 1.807) is 26.0 Å². The number of benzene rings is 1. The maximum Gasteiger partial charge on any atom is 0.260 e. The number of nitrogens with one attached hydrogen (secondary N) is 1. The minimum absolute atomic E-state index is 0.0969. The standard InChI is InChI=1S/C18H14FNO2S/c1-10-3-4-12(14(19)9-10)5-6-15(21)16-11(2)13-7-8-23-18(13)20-17(16)22/h3-9H,1-2H3,(H,20,22)/b6-5+. The second-order valence-corrected chi connectivity index (χ2v) is 6.26. The molecule has 3 rings (SSSR count). The van der Waals surface area contributed by atoms with E-state index in [0.29, 0.717) is 11.1 Å². The van der Waals surface area contributed by atoms with Crippen LogP contribution in [0.5, 0.6) is 0 Å². The fourth-order valence-corrected chi connectivity index (χ4v) is 3.32. The quantitative estimate of drug-likeness (QED) is 0.578. The van der Waals surface area contributed by atoms with Crippen LogP contribution < -0.4 is 5.56 Å². The van der Waals surface area contributed by atoms with Gasteiger partial charge in [-0.1, -0.05) is 12.1 Å². The Morgan fingerprint density at radius 3 is 2.78 bits per heavy atom. The Hall–Kier alpha value is -2.53. The Bertz CT molecular complexity index is 998. The largest absolute Gasteiger partial charge is 0.313 e. The van der Waals surface area contributed by atoms with Gasteiger partial charge in [0.15, 0.2) is 5.78 Å². The van der Waals surface area contributed by atoms with Crippen molar-refractivity contribution < 1.29 is 9.18 Å². The number of fused-ring (bicyclic) bond motifs is 1. The lowest BCUT2D eigenvalue weighted by Crippen LogP contribution is -2.18. The molecule has 0 saturated carbocycles. The summed E-state index contributed by atoms with van der Waals surface area (Å²) in [7, 11) is 0. The van der Waals surface area contributed by atoms with Crippen molar-refractivity contribution in [1.29, 1.82) is 0 Å². The van der Waals surface area contributed by atoms with Crippen LogP contribution in [0.1, 0.15) is 27.0 Å². The molecule has 0 bridgehead atoms. The van der Waals surface area contributed by atoms with Crippen LogP contribution in [0.15, 0.2) is 40.5 Å². The van der Waals surface area contributed by atoms with Crippen LogP contribution in [-0.4, -0.2) is 10.8 Å². The highest BCUT2D eigenvalue weighted by atomic mass is 32.1. The maximum atomic E-state index is 13.8. The average Bonchev–Trinajstić information content (AvgIpc) is 2.94. The molecular weight excluding hydrogens is 313 g/mol. The third kappa shape index (κ3) is 2.87. The Morgan fingerprint density at radius 2 is 2.04 bits per heavy atom. The number of rotatable bonds is 3. The van der Waals surface area contributed by atoms with Crippen LogP contribution in [0.2, 0.25) is 0 Å². The lowest BCUT2D eigenvalue weighted by molar-refractivity contribution is 0.104. The number of ketones is 1. The van der Waals surface area contributed by atoms with Gasteiger partial charge in [0.05, 0.1) is 5.56 Å². The van der Waals surface area contributed by atoms with Gasteiger partial charge in [0.2, 0.25) is 0 Å². The predicted octanol–water partition coefficient (Wildman–Crippen LogP) is 4.24. The summed E-state index contributed by atoms with van der Waals surface area (Å²) in [6, 6.07) is 6.64. The van der Waals surface area contributed by atoms with E-state index in [0.717, 1.165) is 15.8 Å². The average molecular weight is 327 g/mol. The molecule has 0 unspecified atom stereocenters. The molecule has 0 radical (unpaired) electrons. The van der Waals surface area contributed by atoms with Crippen LogP contribution in [0.4, 0.5) is 4.39 Å². The van der Waals surface area contributed by atoms with Gasteiger partial charge in [0.25, 0.3) is 5.56 Å². The van der Waals surface area contributed by atoms with Gasteiger partial charge in [-0.15, -0.1) is 11.3 Å². The maximum absolute atomic E-state index is 13.8. The number of hydrogen-bond donors (Lipinski definition) is 1. The molecule has 0 spiro atoms. The summed E-state index contributed by atoms with van der Waals surface area (Å²) in [6.45, 7) is 3.54. The first-order valence-corrected chi connectivity index (χ1v) is 7.94. The van der Waals surface area contributed by atoms with E-state index >= 15 is 0 Å². The predicted molar refractivity (Wildman–Crippen MR) is 91.7 cm³/mol. The number of carbonyl (C=O) groups is 1. The van der Waals surface area contributed by atoms with E-state index in [9.17, 15) is 14.0 Å². The zero-order valence-corrected chi connectivity index (χ0v) is 13.5. The van der Waals surface area contributed by atoms with Gasteiger partial charge < -0.3 is 4.98 Å². The first kappa shape index (κ1) is 15.4. The first-order chi connectivity index (χ1) is 11.0. The molecule has 3 aromatic rings. The van der Waals surface area contributed by atoms with E-state index in [-0.39, 0.29) is 5.56 Å². The molecule has 1 N–H and O–H groups in total. The Morgan fingerprint density at radius 1 is 1.26 bits per heavy atom. The summed E-state index contributed by atoms with van der Waals surface area (Å²) in [6.07, 6.45) is 2.64. The van der Waals surface area contributed by atoms with Crippen molar-refractivity contribution in [2.75, 3.05) is 0 Å². The van der Waals surface area contributed by atoms with E-state index in [1.165, 1.54) is 29.6 Å². The number of aromatic nitrogens is 1. The summed E-state index contributed by atoms with van der Waals surface area (Å²) in [4.78, 5) is 28.0. The molecule has 0 fully saturated rings. The zero-order valence-electron chi connectivity index (χ0n) is 12.6. The van der Waals surface area contributed by atoms with Crippen LogP contribution in [0.25, 0.3) is 16.3 Å². The third-order valence-electron chi connectivity index (χ3n) is 3.71. The SMILES string of the molecule is Cc1ccc(/C=C/C(=O)c2c(C)c3ccsc3[nH]c2=O)c(F)c1. The lowest BCUT2D eigenvalue weighted by atomic mass is 10.0. The van der Waals surface area contributed by atoms with Gasteiger partial charge in [-0.2, -0.15) is 0 Å². The fourth-order valence-electron chi connectivity index (χ4n) is 2.48. The van der Waals surface area contributed by atoms with Crippen LogP contribution in [-0.2, 0) is 0 Å². The van der Waals surface area contributed by atoms with Crippen molar-refractivity contribution in [1.82, 2.24) is 4.98 Å². The molecule has 116 valence electrons. The molecule has 0 aliphatic heterocycles.